The molecular formula is K6O12S3. The zero-order valence-corrected chi connectivity index (χ0v) is 33.3. The molecule has 0 aliphatic carbocycles. The summed E-state index contributed by atoms with van der Waals surface area (Å²) in [6.45, 7) is 0. The van der Waals surface area contributed by atoms with Crippen LogP contribution in [0.2, 0.25) is 0 Å². The van der Waals surface area contributed by atoms with E-state index in [1.807, 2.05) is 0 Å². The van der Waals surface area contributed by atoms with Crippen molar-refractivity contribution in [3.63, 3.8) is 0 Å². The molecule has 0 saturated heterocycles. The van der Waals surface area contributed by atoms with Crippen molar-refractivity contribution in [1.82, 2.24) is 0 Å². The molecule has 0 atom stereocenters. The predicted molar refractivity (Wildman–Crippen MR) is 31.4 cm³/mol. The van der Waals surface area contributed by atoms with Crippen molar-refractivity contribution >= 4 is 31.2 Å². The van der Waals surface area contributed by atoms with E-state index in [9.17, 15) is 0 Å². The van der Waals surface area contributed by atoms with Crippen LogP contribution in [0.3, 0.4) is 0 Å². The summed E-state index contributed by atoms with van der Waals surface area (Å²) in [6, 6.07) is 0. The van der Waals surface area contributed by atoms with Crippen LogP contribution < -0.4 is 308 Å². The quantitative estimate of drug-likeness (QED) is 0.163. The van der Waals surface area contributed by atoms with Crippen LogP contribution in [0.1, 0.15) is 0 Å². The number of hydrogen-bond donors (Lipinski definition) is 0. The average Bonchev–Trinajstić information content (AvgIpc) is 1.41. The first-order chi connectivity index (χ1) is 6.00. The summed E-state index contributed by atoms with van der Waals surface area (Å²) in [5.41, 5.74) is 0. The summed E-state index contributed by atoms with van der Waals surface area (Å²) in [7, 11) is -15.5. The maximum atomic E-state index is 8.52. The van der Waals surface area contributed by atoms with Crippen LogP contribution in [0, 0.1) is 0 Å². The Bertz CT molecular complexity index is 350. The van der Waals surface area contributed by atoms with Gasteiger partial charge < -0.3 is 27.3 Å². The van der Waals surface area contributed by atoms with Crippen LogP contribution >= 0.6 is 0 Å². The zero-order chi connectivity index (χ0) is 13.5. The van der Waals surface area contributed by atoms with Crippen molar-refractivity contribution in [2.75, 3.05) is 0 Å². The second-order valence-corrected chi connectivity index (χ2v) is 3.67. The van der Waals surface area contributed by atoms with Crippen molar-refractivity contribution in [1.29, 1.82) is 0 Å². The standard InChI is InChI=1S/6K.3H2O4S/c;;;;;;3*1-5(2,3)4/h;;;;;;3*(H2,1,2,3,4)/q6*+1;;;/p-6. The largest absolute Gasteiger partial charge is 1.00 e. The van der Waals surface area contributed by atoms with Crippen LogP contribution in [-0.2, 0) is 31.2 Å². The molecule has 0 bridgehead atoms. The van der Waals surface area contributed by atoms with Gasteiger partial charge in [-0.25, -0.2) is 0 Å². The molecule has 12 nitrogen and oxygen atoms in total. The normalized spacial score (nSPS) is 8.29. The van der Waals surface area contributed by atoms with E-state index in [-0.39, 0.29) is 308 Å². The monoisotopic (exact) mass is 522 g/mol. The van der Waals surface area contributed by atoms with Gasteiger partial charge in [-0.05, 0) is 0 Å². The summed E-state index contributed by atoms with van der Waals surface area (Å²) >= 11 is 0. The first-order valence-corrected chi connectivity index (χ1v) is 6.00. The van der Waals surface area contributed by atoms with E-state index < -0.39 is 31.2 Å². The fraction of sp³-hybridized carbons (Fsp3) is 0. The third kappa shape index (κ3) is 249. The topological polar surface area (TPSA) is 241 Å². The van der Waals surface area contributed by atoms with Crippen LogP contribution in [0.5, 0.6) is 0 Å². The van der Waals surface area contributed by atoms with E-state index in [1.54, 1.807) is 0 Å². The summed E-state index contributed by atoms with van der Waals surface area (Å²) in [5, 5.41) is 0. The second kappa shape index (κ2) is 31.6. The van der Waals surface area contributed by atoms with E-state index >= 15 is 0 Å². The van der Waals surface area contributed by atoms with E-state index in [0.717, 1.165) is 0 Å². The van der Waals surface area contributed by atoms with Gasteiger partial charge in [0, 0.05) is 31.2 Å². The van der Waals surface area contributed by atoms with Gasteiger partial charge in [-0.3, -0.25) is 25.3 Å². The van der Waals surface area contributed by atoms with Crippen LogP contribution in [0.25, 0.3) is 0 Å². The maximum Gasteiger partial charge on any atom is 1.00 e. The minimum atomic E-state index is -5.17. The van der Waals surface area contributed by atoms with Gasteiger partial charge in [0.05, 0.1) is 0 Å². The summed E-state index contributed by atoms with van der Waals surface area (Å²) < 4.78 is 102. The Hall–Kier alpha value is 9.43. The molecule has 0 spiro atoms. The summed E-state index contributed by atoms with van der Waals surface area (Å²) in [6.07, 6.45) is 0. The third-order valence-electron chi connectivity index (χ3n) is 0. The zero-order valence-electron chi connectivity index (χ0n) is 12.1. The first kappa shape index (κ1) is 57.4. The molecule has 0 rings (SSSR count). The molecule has 0 aromatic rings. The summed E-state index contributed by atoms with van der Waals surface area (Å²) in [4.78, 5) is 0. The molecule has 0 aromatic carbocycles. The molecule has 0 radical (unpaired) electrons. The molecule has 96 valence electrons. The molecule has 0 unspecified atom stereocenters. The Labute approximate surface area is 378 Å². The molecule has 0 saturated carbocycles. The number of rotatable bonds is 0. The molecule has 0 aliphatic heterocycles. The smallest absolute Gasteiger partial charge is 0.759 e. The van der Waals surface area contributed by atoms with E-state index in [4.69, 9.17) is 52.6 Å². The van der Waals surface area contributed by atoms with Gasteiger partial charge in [0.25, 0.3) is 0 Å². The van der Waals surface area contributed by atoms with Gasteiger partial charge in [-0.15, -0.1) is 0 Å². The fourth-order valence-electron chi connectivity index (χ4n) is 0. The van der Waals surface area contributed by atoms with E-state index in [2.05, 4.69) is 0 Å². The molecule has 0 heterocycles. The van der Waals surface area contributed by atoms with Gasteiger partial charge in [-0.2, -0.15) is 0 Å². The number of hydrogen-bond acceptors (Lipinski definition) is 12. The van der Waals surface area contributed by atoms with Crippen LogP contribution in [0.4, 0.5) is 0 Å². The van der Waals surface area contributed by atoms with Crippen molar-refractivity contribution in [3.8, 4) is 0 Å². The molecular weight excluding hydrogens is 523 g/mol. The third-order valence-corrected chi connectivity index (χ3v) is 0. The molecule has 21 heavy (non-hydrogen) atoms. The van der Waals surface area contributed by atoms with Gasteiger partial charge in [0.1, 0.15) is 0 Å². The molecule has 0 N–H and O–H groups in total. The predicted octanol–water partition coefficient (Wildman–Crippen LogP) is -22.0. The summed E-state index contributed by atoms with van der Waals surface area (Å²) in [5.74, 6) is 0. The van der Waals surface area contributed by atoms with Gasteiger partial charge in [-0.1, -0.05) is 0 Å². The SMILES string of the molecule is O=S(=O)([O-])[O-].O=S(=O)([O-])[O-].O=S(=O)([O-])[O-].[K+].[K+].[K+].[K+].[K+].[K+]. The molecule has 0 amide bonds. The minimum Gasteiger partial charge on any atom is -0.759 e. The Morgan fingerprint density at radius 1 is 0.333 bits per heavy atom. The van der Waals surface area contributed by atoms with Crippen molar-refractivity contribution in [2.45, 2.75) is 0 Å². The van der Waals surface area contributed by atoms with E-state index in [1.165, 1.54) is 0 Å². The minimum absolute atomic E-state index is 0. The second-order valence-electron chi connectivity index (χ2n) is 1.22. The molecule has 0 fully saturated rings. The Morgan fingerprint density at radius 3 is 0.333 bits per heavy atom. The molecule has 0 aliphatic rings. The van der Waals surface area contributed by atoms with Gasteiger partial charge in [0.2, 0.25) is 0 Å². The van der Waals surface area contributed by atoms with Crippen LogP contribution in [-0.4, -0.2) is 52.6 Å². The van der Waals surface area contributed by atoms with Crippen LogP contribution in [0.15, 0.2) is 0 Å². The van der Waals surface area contributed by atoms with Crippen molar-refractivity contribution < 1.29 is 361 Å². The molecule has 0 aromatic heterocycles. The van der Waals surface area contributed by atoms with E-state index in [0.29, 0.717) is 0 Å². The average molecular weight is 523 g/mol. The Balaban J connectivity index is -0.0000000129. The van der Waals surface area contributed by atoms with Crippen molar-refractivity contribution in [3.05, 3.63) is 0 Å². The Morgan fingerprint density at radius 2 is 0.333 bits per heavy atom. The fourth-order valence-corrected chi connectivity index (χ4v) is 0. The van der Waals surface area contributed by atoms with Gasteiger partial charge >= 0.3 is 308 Å². The Kier molecular flexibility index (Phi) is 86.4. The van der Waals surface area contributed by atoms with Crippen molar-refractivity contribution in [2.24, 2.45) is 0 Å². The van der Waals surface area contributed by atoms with Gasteiger partial charge in [0.15, 0.2) is 0 Å². The first-order valence-electron chi connectivity index (χ1n) is 2.00. The molecule has 21 heteroatoms. The maximum absolute atomic E-state index is 8.52.